The van der Waals surface area contributed by atoms with E-state index in [4.69, 9.17) is 4.42 Å². The summed E-state index contributed by atoms with van der Waals surface area (Å²) in [7, 11) is 0. The van der Waals surface area contributed by atoms with Gasteiger partial charge in [0, 0.05) is 6.42 Å². The Morgan fingerprint density at radius 3 is 2.88 bits per heavy atom. The van der Waals surface area contributed by atoms with E-state index in [2.05, 4.69) is 42.4 Å². The van der Waals surface area contributed by atoms with Gasteiger partial charge in [-0.05, 0) is 52.2 Å². The Morgan fingerprint density at radius 1 is 1.53 bits per heavy atom. The van der Waals surface area contributed by atoms with Gasteiger partial charge in [0.25, 0.3) is 0 Å². The van der Waals surface area contributed by atoms with Gasteiger partial charge in [-0.25, -0.2) is 0 Å². The first-order valence-electron chi connectivity index (χ1n) is 6.11. The van der Waals surface area contributed by atoms with Crippen LogP contribution >= 0.6 is 15.9 Å². The molecule has 0 amide bonds. The van der Waals surface area contributed by atoms with Gasteiger partial charge in [0.15, 0.2) is 0 Å². The van der Waals surface area contributed by atoms with E-state index in [1.807, 2.05) is 6.07 Å². The summed E-state index contributed by atoms with van der Waals surface area (Å²) in [4.78, 5) is 0. The molecule has 1 fully saturated rings. The lowest BCUT2D eigenvalue weighted by atomic mass is 9.71. The Balaban J connectivity index is 2.19. The van der Waals surface area contributed by atoms with Crippen LogP contribution in [0.3, 0.4) is 0 Å². The van der Waals surface area contributed by atoms with Crippen LogP contribution in [0.2, 0.25) is 0 Å². The fourth-order valence-corrected chi connectivity index (χ4v) is 2.94. The van der Waals surface area contributed by atoms with Crippen molar-refractivity contribution in [2.24, 2.45) is 5.41 Å². The lowest BCUT2D eigenvalue weighted by Gasteiger charge is -2.34. The van der Waals surface area contributed by atoms with E-state index in [1.165, 1.54) is 24.0 Å². The normalized spacial score (nSPS) is 22.1. The van der Waals surface area contributed by atoms with Crippen LogP contribution in [0.15, 0.2) is 45.0 Å². The summed E-state index contributed by atoms with van der Waals surface area (Å²) in [6.45, 7) is 8.81. The number of allylic oxidation sites excluding steroid dienone is 3. The maximum atomic E-state index is 5.44. The molecule has 0 unspecified atom stereocenters. The Morgan fingerprint density at radius 2 is 2.29 bits per heavy atom. The van der Waals surface area contributed by atoms with Gasteiger partial charge >= 0.3 is 0 Å². The van der Waals surface area contributed by atoms with Crippen LogP contribution < -0.4 is 0 Å². The topological polar surface area (TPSA) is 13.1 Å². The quantitative estimate of drug-likeness (QED) is 0.723. The van der Waals surface area contributed by atoms with Crippen molar-refractivity contribution in [1.82, 2.24) is 0 Å². The Bertz CT molecular complexity index is 451. The third kappa shape index (κ3) is 2.74. The predicted molar refractivity (Wildman–Crippen MR) is 75.0 cm³/mol. The number of rotatable bonds is 2. The summed E-state index contributed by atoms with van der Waals surface area (Å²) in [5.41, 5.74) is 2.96. The van der Waals surface area contributed by atoms with Crippen molar-refractivity contribution < 1.29 is 4.42 Å². The molecule has 1 aromatic rings. The zero-order chi connectivity index (χ0) is 12.5. The zero-order valence-corrected chi connectivity index (χ0v) is 12.1. The fourth-order valence-electron chi connectivity index (χ4n) is 2.58. The molecule has 1 aromatic heterocycles. The lowest BCUT2D eigenvalue weighted by molar-refractivity contribution is 0.369. The molecule has 0 N–H and O–H groups in total. The first kappa shape index (κ1) is 12.7. The zero-order valence-electron chi connectivity index (χ0n) is 10.6. The van der Waals surface area contributed by atoms with Crippen LogP contribution in [-0.4, -0.2) is 0 Å². The van der Waals surface area contributed by atoms with E-state index >= 15 is 0 Å². The van der Waals surface area contributed by atoms with Crippen molar-refractivity contribution >= 4 is 15.9 Å². The van der Waals surface area contributed by atoms with E-state index in [1.54, 1.807) is 6.26 Å². The standard InChI is InChI=1S/C15H19BrO/c1-11-5-4-9-15(2,3)12(11)6-7-14-13(16)8-10-17-14/h6,8,10H,1,4-5,7,9H2,2-3H3/b12-6+. The molecule has 0 bridgehead atoms. The van der Waals surface area contributed by atoms with Crippen molar-refractivity contribution in [2.75, 3.05) is 0 Å². The highest BCUT2D eigenvalue weighted by Gasteiger charge is 2.28. The number of furan rings is 1. The average Bonchev–Trinajstić information content (AvgIpc) is 2.63. The van der Waals surface area contributed by atoms with Gasteiger partial charge in [-0.2, -0.15) is 0 Å². The number of halogens is 1. The van der Waals surface area contributed by atoms with Gasteiger partial charge in [0.05, 0.1) is 10.7 Å². The first-order chi connectivity index (χ1) is 8.00. The Hall–Kier alpha value is -0.760. The molecule has 0 radical (unpaired) electrons. The maximum Gasteiger partial charge on any atom is 0.121 e. The molecule has 1 saturated carbocycles. The van der Waals surface area contributed by atoms with Crippen molar-refractivity contribution in [1.29, 1.82) is 0 Å². The molecule has 0 saturated heterocycles. The molecule has 1 nitrogen and oxygen atoms in total. The minimum absolute atomic E-state index is 0.258. The Kier molecular flexibility index (Phi) is 3.62. The molecule has 2 rings (SSSR count). The summed E-state index contributed by atoms with van der Waals surface area (Å²) in [5, 5.41) is 0. The van der Waals surface area contributed by atoms with E-state index in [-0.39, 0.29) is 5.41 Å². The van der Waals surface area contributed by atoms with Gasteiger partial charge in [0.2, 0.25) is 0 Å². The number of hydrogen-bond donors (Lipinski definition) is 0. The number of hydrogen-bond acceptors (Lipinski definition) is 1. The minimum Gasteiger partial charge on any atom is -0.468 e. The second kappa shape index (κ2) is 4.85. The van der Waals surface area contributed by atoms with Crippen molar-refractivity contribution in [3.05, 3.63) is 46.4 Å². The molecule has 0 aromatic carbocycles. The lowest BCUT2D eigenvalue weighted by Crippen LogP contribution is -2.20. The highest BCUT2D eigenvalue weighted by molar-refractivity contribution is 9.10. The largest absolute Gasteiger partial charge is 0.468 e. The van der Waals surface area contributed by atoms with Crippen molar-refractivity contribution in [3.8, 4) is 0 Å². The summed E-state index contributed by atoms with van der Waals surface area (Å²) >= 11 is 3.49. The summed E-state index contributed by atoms with van der Waals surface area (Å²) in [5.74, 6) is 0.992. The molecule has 0 spiro atoms. The molecule has 1 heterocycles. The summed E-state index contributed by atoms with van der Waals surface area (Å²) in [6.07, 6.45) is 8.48. The predicted octanol–water partition coefficient (Wildman–Crippen LogP) is 5.28. The van der Waals surface area contributed by atoms with E-state index in [9.17, 15) is 0 Å². The molecule has 0 aliphatic heterocycles. The van der Waals surface area contributed by atoms with Gasteiger partial charge in [-0.1, -0.05) is 32.1 Å². The van der Waals surface area contributed by atoms with Crippen LogP contribution in [0.5, 0.6) is 0 Å². The molecule has 0 atom stereocenters. The van der Waals surface area contributed by atoms with Crippen molar-refractivity contribution in [2.45, 2.75) is 39.5 Å². The molecule has 1 aliphatic carbocycles. The van der Waals surface area contributed by atoms with Crippen LogP contribution in [0, 0.1) is 5.41 Å². The SMILES string of the molecule is C=C1CCCC(C)(C)/C1=C/Cc1occc1Br. The summed E-state index contributed by atoms with van der Waals surface area (Å²) < 4.78 is 6.49. The molecular formula is C15H19BrO. The van der Waals surface area contributed by atoms with Gasteiger partial charge in [-0.15, -0.1) is 0 Å². The second-order valence-corrected chi connectivity index (χ2v) is 6.21. The molecule has 2 heteroatoms. The van der Waals surface area contributed by atoms with E-state index < -0.39 is 0 Å². The average molecular weight is 295 g/mol. The third-order valence-corrected chi connectivity index (χ3v) is 4.28. The van der Waals surface area contributed by atoms with Crippen LogP contribution in [0.4, 0.5) is 0 Å². The highest BCUT2D eigenvalue weighted by Crippen LogP contribution is 2.42. The summed E-state index contributed by atoms with van der Waals surface area (Å²) in [6, 6.07) is 1.94. The van der Waals surface area contributed by atoms with E-state index in [0.29, 0.717) is 0 Å². The molecular weight excluding hydrogens is 276 g/mol. The van der Waals surface area contributed by atoms with Gasteiger partial charge in [0.1, 0.15) is 5.76 Å². The molecule has 17 heavy (non-hydrogen) atoms. The highest BCUT2D eigenvalue weighted by atomic mass is 79.9. The van der Waals surface area contributed by atoms with Crippen molar-refractivity contribution in [3.63, 3.8) is 0 Å². The minimum atomic E-state index is 0.258. The van der Waals surface area contributed by atoms with Gasteiger partial charge in [-0.3, -0.25) is 0 Å². The monoisotopic (exact) mass is 294 g/mol. The Labute approximate surface area is 112 Å². The fraction of sp³-hybridized carbons (Fsp3) is 0.467. The molecule has 1 aliphatic rings. The smallest absolute Gasteiger partial charge is 0.121 e. The van der Waals surface area contributed by atoms with Crippen LogP contribution in [0.1, 0.15) is 38.9 Å². The van der Waals surface area contributed by atoms with Gasteiger partial charge < -0.3 is 4.42 Å². The van der Waals surface area contributed by atoms with Crippen LogP contribution in [-0.2, 0) is 6.42 Å². The van der Waals surface area contributed by atoms with E-state index in [0.717, 1.165) is 23.1 Å². The third-order valence-electron chi connectivity index (χ3n) is 3.57. The first-order valence-corrected chi connectivity index (χ1v) is 6.90. The maximum absolute atomic E-state index is 5.44. The van der Waals surface area contributed by atoms with Crippen LogP contribution in [0.25, 0.3) is 0 Å². The molecule has 92 valence electrons. The second-order valence-electron chi connectivity index (χ2n) is 5.35.